The van der Waals surface area contributed by atoms with Gasteiger partial charge in [-0.15, -0.1) is 5.10 Å². The minimum Gasteiger partial charge on any atom is -0.278 e. The first kappa shape index (κ1) is 19.9. The van der Waals surface area contributed by atoms with Gasteiger partial charge in [-0.25, -0.2) is 4.68 Å². The number of fused-ring (bicyclic) bond motifs is 2. The first-order valence-corrected chi connectivity index (χ1v) is 11.0. The molecule has 4 aromatic heterocycles. The van der Waals surface area contributed by atoms with E-state index in [9.17, 15) is 0 Å². The van der Waals surface area contributed by atoms with Crippen molar-refractivity contribution in [1.82, 2.24) is 40.0 Å². The van der Waals surface area contributed by atoms with Crippen LogP contribution >= 0.6 is 23.2 Å². The zero-order valence-electron chi connectivity index (χ0n) is 17.3. The average molecular weight is 475 g/mol. The molecule has 0 aliphatic rings. The molecule has 6 rings (SSSR count). The fraction of sp³-hybridized carbons (Fsp3) is 0.0870. The molecule has 1 unspecified atom stereocenters. The Balaban J connectivity index is 1.47. The molecular weight excluding hydrogens is 459 g/mol. The Hall–Kier alpha value is -3.75. The Morgan fingerprint density at radius 3 is 2.76 bits per heavy atom. The lowest BCUT2D eigenvalue weighted by atomic mass is 10.1. The SMILES string of the molecule is CC(c1ccc(Cl)cn1)n1nccc1-c1cc2c(cc1Cl)nnn2-c1ccc2cn[nH]c2c1. The molecule has 0 radical (unpaired) electrons. The van der Waals surface area contributed by atoms with Crippen LogP contribution < -0.4 is 0 Å². The number of nitrogens with one attached hydrogen (secondary N) is 1. The van der Waals surface area contributed by atoms with Crippen molar-refractivity contribution in [3.05, 3.63) is 82.9 Å². The molecule has 4 heterocycles. The fourth-order valence-electron chi connectivity index (χ4n) is 3.98. The number of hydrogen-bond donors (Lipinski definition) is 1. The molecule has 8 nitrogen and oxygen atoms in total. The number of halogens is 2. The Labute approximate surface area is 197 Å². The fourth-order valence-corrected chi connectivity index (χ4v) is 4.35. The first-order valence-electron chi connectivity index (χ1n) is 10.2. The summed E-state index contributed by atoms with van der Waals surface area (Å²) < 4.78 is 3.69. The van der Waals surface area contributed by atoms with Gasteiger partial charge in [0.1, 0.15) is 5.52 Å². The van der Waals surface area contributed by atoms with E-state index in [-0.39, 0.29) is 6.04 Å². The zero-order chi connectivity index (χ0) is 22.5. The number of rotatable bonds is 4. The van der Waals surface area contributed by atoms with E-state index < -0.39 is 0 Å². The maximum Gasteiger partial charge on any atom is 0.115 e. The molecule has 0 aliphatic carbocycles. The molecule has 2 aromatic carbocycles. The van der Waals surface area contributed by atoms with Gasteiger partial charge in [0.15, 0.2) is 0 Å². The molecule has 0 spiro atoms. The van der Waals surface area contributed by atoms with Gasteiger partial charge in [0, 0.05) is 23.3 Å². The van der Waals surface area contributed by atoms with Crippen molar-refractivity contribution in [3.63, 3.8) is 0 Å². The van der Waals surface area contributed by atoms with Crippen molar-refractivity contribution in [1.29, 1.82) is 0 Å². The summed E-state index contributed by atoms with van der Waals surface area (Å²) in [6.07, 6.45) is 5.18. The second-order valence-electron chi connectivity index (χ2n) is 7.70. The van der Waals surface area contributed by atoms with Gasteiger partial charge in [-0.2, -0.15) is 10.2 Å². The standard InChI is InChI=1S/C23H16Cl2N8/c1-13(19-5-3-15(24)12-26-19)32-22(6-7-28-32)17-9-23-21(10-18(17)25)30-31-33(23)16-4-2-14-11-27-29-20(14)8-16/h2-13H,1H3,(H,27,29). The van der Waals surface area contributed by atoms with Crippen molar-refractivity contribution in [2.45, 2.75) is 13.0 Å². The topological polar surface area (TPSA) is 90.1 Å². The first-order chi connectivity index (χ1) is 16.1. The molecule has 1 atom stereocenters. The summed E-state index contributed by atoms with van der Waals surface area (Å²) in [6.45, 7) is 2.03. The highest BCUT2D eigenvalue weighted by molar-refractivity contribution is 6.34. The normalized spacial score (nSPS) is 12.6. The number of aromatic amines is 1. The molecular formula is C23H16Cl2N8. The van der Waals surface area contributed by atoms with E-state index in [1.165, 1.54) is 0 Å². The minimum atomic E-state index is -0.121. The quantitative estimate of drug-likeness (QED) is 0.365. The van der Waals surface area contributed by atoms with Crippen LogP contribution in [0.4, 0.5) is 0 Å². The Bertz CT molecular complexity index is 1610. The van der Waals surface area contributed by atoms with Gasteiger partial charge in [0.2, 0.25) is 0 Å². The molecule has 0 saturated carbocycles. The van der Waals surface area contributed by atoms with Crippen LogP contribution in [0.3, 0.4) is 0 Å². The highest BCUT2D eigenvalue weighted by atomic mass is 35.5. The van der Waals surface area contributed by atoms with Gasteiger partial charge < -0.3 is 0 Å². The van der Waals surface area contributed by atoms with E-state index in [2.05, 4.69) is 30.6 Å². The second kappa shape index (κ2) is 7.68. The highest BCUT2D eigenvalue weighted by Gasteiger charge is 2.19. The maximum atomic E-state index is 6.69. The average Bonchev–Trinajstić information content (AvgIpc) is 3.57. The van der Waals surface area contributed by atoms with Crippen LogP contribution in [0.1, 0.15) is 18.7 Å². The number of hydrogen-bond acceptors (Lipinski definition) is 5. The lowest BCUT2D eigenvalue weighted by molar-refractivity contribution is 0.557. The van der Waals surface area contributed by atoms with Crippen LogP contribution in [-0.2, 0) is 0 Å². The zero-order valence-corrected chi connectivity index (χ0v) is 18.8. The smallest absolute Gasteiger partial charge is 0.115 e. The molecule has 162 valence electrons. The monoisotopic (exact) mass is 474 g/mol. The van der Waals surface area contributed by atoms with Gasteiger partial charge in [-0.05, 0) is 55.5 Å². The van der Waals surface area contributed by atoms with Gasteiger partial charge in [0.05, 0.1) is 50.4 Å². The molecule has 0 saturated heterocycles. The minimum absolute atomic E-state index is 0.121. The largest absolute Gasteiger partial charge is 0.278 e. The summed E-state index contributed by atoms with van der Waals surface area (Å²) in [5.41, 5.74) is 5.87. The summed E-state index contributed by atoms with van der Waals surface area (Å²) in [5, 5.41) is 22.5. The summed E-state index contributed by atoms with van der Waals surface area (Å²) >= 11 is 12.7. The predicted octanol–water partition coefficient (Wildman–Crippen LogP) is 5.47. The van der Waals surface area contributed by atoms with Crippen molar-refractivity contribution < 1.29 is 0 Å². The van der Waals surface area contributed by atoms with E-state index in [4.69, 9.17) is 23.2 Å². The lowest BCUT2D eigenvalue weighted by Gasteiger charge is -2.16. The number of aromatic nitrogens is 8. The van der Waals surface area contributed by atoms with E-state index in [0.717, 1.165) is 39.1 Å². The van der Waals surface area contributed by atoms with Gasteiger partial charge >= 0.3 is 0 Å². The van der Waals surface area contributed by atoms with Gasteiger partial charge in [-0.3, -0.25) is 14.8 Å². The van der Waals surface area contributed by atoms with E-state index in [1.54, 1.807) is 23.3 Å². The molecule has 0 aliphatic heterocycles. The van der Waals surface area contributed by atoms with Crippen LogP contribution in [0.25, 0.3) is 38.9 Å². The molecule has 6 aromatic rings. The van der Waals surface area contributed by atoms with Crippen LogP contribution in [0.2, 0.25) is 10.0 Å². The summed E-state index contributed by atoms with van der Waals surface area (Å²) in [7, 11) is 0. The third-order valence-corrected chi connectivity index (χ3v) is 6.23. The number of pyridine rings is 1. The number of benzene rings is 2. The third kappa shape index (κ3) is 3.35. The second-order valence-corrected chi connectivity index (χ2v) is 8.55. The van der Waals surface area contributed by atoms with E-state index in [0.29, 0.717) is 15.6 Å². The molecule has 0 amide bonds. The van der Waals surface area contributed by atoms with Crippen LogP contribution in [0.5, 0.6) is 0 Å². The Kier molecular flexibility index (Phi) is 4.63. The van der Waals surface area contributed by atoms with Crippen molar-refractivity contribution >= 4 is 45.1 Å². The maximum absolute atomic E-state index is 6.69. The van der Waals surface area contributed by atoms with Gasteiger partial charge in [0.25, 0.3) is 0 Å². The summed E-state index contributed by atoms with van der Waals surface area (Å²) in [6, 6.07) is 15.3. The molecule has 10 heteroatoms. The number of nitrogens with zero attached hydrogens (tertiary/aromatic N) is 7. The summed E-state index contributed by atoms with van der Waals surface area (Å²) in [5.74, 6) is 0. The summed E-state index contributed by atoms with van der Waals surface area (Å²) in [4.78, 5) is 4.45. The predicted molar refractivity (Wildman–Crippen MR) is 128 cm³/mol. The molecule has 33 heavy (non-hydrogen) atoms. The molecule has 1 N–H and O–H groups in total. The van der Waals surface area contributed by atoms with E-state index >= 15 is 0 Å². The van der Waals surface area contributed by atoms with Crippen molar-refractivity contribution in [3.8, 4) is 16.9 Å². The molecule has 0 bridgehead atoms. The lowest BCUT2D eigenvalue weighted by Crippen LogP contribution is -2.11. The number of H-pyrrole nitrogens is 1. The third-order valence-electron chi connectivity index (χ3n) is 5.70. The highest BCUT2D eigenvalue weighted by Crippen LogP contribution is 2.34. The van der Waals surface area contributed by atoms with Crippen LogP contribution in [-0.4, -0.2) is 40.0 Å². The van der Waals surface area contributed by atoms with E-state index in [1.807, 2.05) is 60.1 Å². The van der Waals surface area contributed by atoms with Crippen molar-refractivity contribution in [2.24, 2.45) is 0 Å². The van der Waals surface area contributed by atoms with Crippen LogP contribution in [0, 0.1) is 0 Å². The van der Waals surface area contributed by atoms with Crippen LogP contribution in [0.15, 0.2) is 67.1 Å². The molecule has 0 fully saturated rings. The Morgan fingerprint density at radius 1 is 1.00 bits per heavy atom. The van der Waals surface area contributed by atoms with Crippen molar-refractivity contribution in [2.75, 3.05) is 0 Å². The van der Waals surface area contributed by atoms with Gasteiger partial charge in [-0.1, -0.05) is 28.4 Å². The Morgan fingerprint density at radius 2 is 1.91 bits per heavy atom.